The lowest BCUT2D eigenvalue weighted by Gasteiger charge is -2.21. The van der Waals surface area contributed by atoms with Crippen LogP contribution in [-0.4, -0.2) is 23.9 Å². The van der Waals surface area contributed by atoms with Gasteiger partial charge in [-0.3, -0.25) is 5.41 Å². The molecule has 2 atom stereocenters. The van der Waals surface area contributed by atoms with E-state index in [1.807, 2.05) is 13.0 Å². The highest BCUT2D eigenvalue weighted by molar-refractivity contribution is 6.01. The zero-order valence-electron chi connectivity index (χ0n) is 10.7. The molecule has 4 heteroatoms. The first-order chi connectivity index (χ1) is 8.00. The van der Waals surface area contributed by atoms with E-state index in [9.17, 15) is 0 Å². The number of aromatic nitrogens is 1. The normalized spacial score (nSPS) is 24.1. The zero-order chi connectivity index (χ0) is 12.6. The second kappa shape index (κ2) is 4.35. The van der Waals surface area contributed by atoms with Gasteiger partial charge in [0.2, 0.25) is 0 Å². The van der Waals surface area contributed by atoms with Gasteiger partial charge in [0.1, 0.15) is 11.7 Å². The standard InChI is InChI=1S/C13H20N4/c1-8-4-5-16-13(11(8)12(14)15)17-6-9(2)10(3)7-17/h4-5,9-10H,6-7H2,1-3H3,(H3,14,15). The molecular weight excluding hydrogens is 212 g/mol. The molecule has 1 aliphatic heterocycles. The smallest absolute Gasteiger partial charge is 0.139 e. The minimum Gasteiger partial charge on any atom is -0.384 e. The van der Waals surface area contributed by atoms with Crippen molar-refractivity contribution >= 4 is 11.7 Å². The van der Waals surface area contributed by atoms with Crippen LogP contribution in [0.5, 0.6) is 0 Å². The van der Waals surface area contributed by atoms with E-state index in [0.29, 0.717) is 11.8 Å². The van der Waals surface area contributed by atoms with Crippen molar-refractivity contribution in [1.29, 1.82) is 5.41 Å². The van der Waals surface area contributed by atoms with Crippen molar-refractivity contribution in [2.75, 3.05) is 18.0 Å². The Morgan fingerprint density at radius 2 is 2.00 bits per heavy atom. The van der Waals surface area contributed by atoms with Crippen molar-refractivity contribution in [3.63, 3.8) is 0 Å². The summed E-state index contributed by atoms with van der Waals surface area (Å²) >= 11 is 0. The maximum Gasteiger partial charge on any atom is 0.139 e. The topological polar surface area (TPSA) is 66.0 Å². The summed E-state index contributed by atoms with van der Waals surface area (Å²) in [4.78, 5) is 6.67. The van der Waals surface area contributed by atoms with Crippen molar-refractivity contribution in [3.8, 4) is 0 Å². The Kier molecular flexibility index (Phi) is 3.05. The predicted octanol–water partition coefficient (Wildman–Crippen LogP) is 1.77. The number of rotatable bonds is 2. The highest BCUT2D eigenvalue weighted by atomic mass is 15.2. The molecule has 1 fully saturated rings. The van der Waals surface area contributed by atoms with E-state index < -0.39 is 0 Å². The Hall–Kier alpha value is -1.58. The molecule has 92 valence electrons. The fraction of sp³-hybridized carbons (Fsp3) is 0.538. The average molecular weight is 232 g/mol. The maximum absolute atomic E-state index is 7.69. The zero-order valence-corrected chi connectivity index (χ0v) is 10.7. The van der Waals surface area contributed by atoms with Gasteiger partial charge >= 0.3 is 0 Å². The molecule has 2 rings (SSSR count). The number of amidine groups is 1. The number of pyridine rings is 1. The number of nitrogens with zero attached hydrogens (tertiary/aromatic N) is 2. The summed E-state index contributed by atoms with van der Waals surface area (Å²) in [5.74, 6) is 2.31. The fourth-order valence-electron chi connectivity index (χ4n) is 2.42. The van der Waals surface area contributed by atoms with Gasteiger partial charge in [-0.25, -0.2) is 4.98 Å². The van der Waals surface area contributed by atoms with Crippen LogP contribution < -0.4 is 10.6 Å². The summed E-state index contributed by atoms with van der Waals surface area (Å²) < 4.78 is 0. The summed E-state index contributed by atoms with van der Waals surface area (Å²) in [6.07, 6.45) is 1.80. The number of nitrogens with two attached hydrogens (primary N) is 1. The summed E-state index contributed by atoms with van der Waals surface area (Å²) in [5, 5.41) is 7.69. The molecule has 2 heterocycles. The predicted molar refractivity (Wildman–Crippen MR) is 70.5 cm³/mol. The summed E-state index contributed by atoms with van der Waals surface area (Å²) in [5.41, 5.74) is 7.48. The van der Waals surface area contributed by atoms with Crippen molar-refractivity contribution < 1.29 is 0 Å². The molecule has 0 saturated carbocycles. The SMILES string of the molecule is Cc1ccnc(N2CC(C)C(C)C2)c1C(=N)N. The van der Waals surface area contributed by atoms with Crippen LogP contribution in [-0.2, 0) is 0 Å². The average Bonchev–Trinajstić information content (AvgIpc) is 2.58. The summed E-state index contributed by atoms with van der Waals surface area (Å²) in [6.45, 7) is 8.49. The van der Waals surface area contributed by atoms with Crippen LogP contribution in [0.2, 0.25) is 0 Å². The molecule has 1 aromatic rings. The number of anilines is 1. The van der Waals surface area contributed by atoms with Crippen LogP contribution >= 0.6 is 0 Å². The Balaban J connectivity index is 2.39. The number of nitrogen functional groups attached to an aromatic ring is 1. The molecule has 0 aliphatic carbocycles. The van der Waals surface area contributed by atoms with Crippen LogP contribution in [0.15, 0.2) is 12.3 Å². The lowest BCUT2D eigenvalue weighted by molar-refractivity contribution is 0.494. The Morgan fingerprint density at radius 1 is 1.41 bits per heavy atom. The van der Waals surface area contributed by atoms with Gasteiger partial charge in [0.05, 0.1) is 5.56 Å². The Bertz CT molecular complexity index is 431. The van der Waals surface area contributed by atoms with Crippen LogP contribution in [0.25, 0.3) is 0 Å². The van der Waals surface area contributed by atoms with E-state index in [-0.39, 0.29) is 5.84 Å². The molecule has 2 unspecified atom stereocenters. The van der Waals surface area contributed by atoms with Crippen LogP contribution in [0, 0.1) is 24.2 Å². The molecule has 4 nitrogen and oxygen atoms in total. The third kappa shape index (κ3) is 2.12. The molecule has 0 amide bonds. The first-order valence-corrected chi connectivity index (χ1v) is 6.05. The highest BCUT2D eigenvalue weighted by Gasteiger charge is 2.29. The van der Waals surface area contributed by atoms with Gasteiger partial charge < -0.3 is 10.6 Å². The van der Waals surface area contributed by atoms with E-state index in [1.165, 1.54) is 0 Å². The maximum atomic E-state index is 7.69. The first-order valence-electron chi connectivity index (χ1n) is 6.05. The van der Waals surface area contributed by atoms with Gasteiger partial charge in [-0.15, -0.1) is 0 Å². The molecule has 0 radical (unpaired) electrons. The van der Waals surface area contributed by atoms with Crippen molar-refractivity contribution in [3.05, 3.63) is 23.4 Å². The van der Waals surface area contributed by atoms with E-state index in [1.54, 1.807) is 6.20 Å². The van der Waals surface area contributed by atoms with Crippen molar-refractivity contribution in [2.45, 2.75) is 20.8 Å². The number of nitrogens with one attached hydrogen (secondary N) is 1. The lowest BCUT2D eigenvalue weighted by atomic mass is 10.0. The van der Waals surface area contributed by atoms with E-state index in [0.717, 1.165) is 30.0 Å². The second-order valence-corrected chi connectivity index (χ2v) is 5.10. The van der Waals surface area contributed by atoms with E-state index in [4.69, 9.17) is 11.1 Å². The third-order valence-corrected chi connectivity index (χ3v) is 3.70. The molecular formula is C13H20N4. The number of hydrogen-bond donors (Lipinski definition) is 2. The molecule has 1 aromatic heterocycles. The van der Waals surface area contributed by atoms with Crippen molar-refractivity contribution in [1.82, 2.24) is 4.98 Å². The van der Waals surface area contributed by atoms with Gasteiger partial charge in [0.25, 0.3) is 0 Å². The Labute approximate surface area is 102 Å². The van der Waals surface area contributed by atoms with Gasteiger partial charge in [-0.05, 0) is 30.4 Å². The molecule has 0 aromatic carbocycles. The highest BCUT2D eigenvalue weighted by Crippen LogP contribution is 2.29. The number of aryl methyl sites for hydroxylation is 1. The minimum atomic E-state index is 0.109. The summed E-state index contributed by atoms with van der Waals surface area (Å²) in [7, 11) is 0. The molecule has 0 bridgehead atoms. The Morgan fingerprint density at radius 3 is 2.53 bits per heavy atom. The molecule has 0 spiro atoms. The van der Waals surface area contributed by atoms with Crippen LogP contribution in [0.1, 0.15) is 25.0 Å². The van der Waals surface area contributed by atoms with Gasteiger partial charge in [-0.1, -0.05) is 13.8 Å². The quantitative estimate of drug-likeness (QED) is 0.603. The second-order valence-electron chi connectivity index (χ2n) is 5.10. The van der Waals surface area contributed by atoms with Gasteiger partial charge in [-0.2, -0.15) is 0 Å². The minimum absolute atomic E-state index is 0.109. The first kappa shape index (κ1) is 11.9. The third-order valence-electron chi connectivity index (χ3n) is 3.70. The van der Waals surface area contributed by atoms with Gasteiger partial charge in [0.15, 0.2) is 0 Å². The molecule has 17 heavy (non-hydrogen) atoms. The van der Waals surface area contributed by atoms with Crippen LogP contribution in [0.4, 0.5) is 5.82 Å². The molecule has 1 aliphatic rings. The molecule has 1 saturated heterocycles. The largest absolute Gasteiger partial charge is 0.384 e. The van der Waals surface area contributed by atoms with Gasteiger partial charge in [0, 0.05) is 19.3 Å². The summed E-state index contributed by atoms with van der Waals surface area (Å²) in [6, 6.07) is 1.91. The van der Waals surface area contributed by atoms with E-state index >= 15 is 0 Å². The monoisotopic (exact) mass is 232 g/mol. The van der Waals surface area contributed by atoms with E-state index in [2.05, 4.69) is 23.7 Å². The number of hydrogen-bond acceptors (Lipinski definition) is 3. The van der Waals surface area contributed by atoms with Crippen LogP contribution in [0.3, 0.4) is 0 Å². The fourth-order valence-corrected chi connectivity index (χ4v) is 2.42. The lowest BCUT2D eigenvalue weighted by Crippen LogP contribution is -2.26. The van der Waals surface area contributed by atoms with Crippen molar-refractivity contribution in [2.24, 2.45) is 17.6 Å². The molecule has 3 N–H and O–H groups in total.